The van der Waals surface area contributed by atoms with Crippen LogP contribution in [0.4, 0.5) is 23.7 Å². The maximum Gasteiger partial charge on any atom is 0.417 e. The number of hydrogen-bond donors (Lipinski definition) is 1. The number of rotatable bonds is 7. The van der Waals surface area contributed by atoms with Gasteiger partial charge in [0.25, 0.3) is 0 Å². The van der Waals surface area contributed by atoms with Gasteiger partial charge in [-0.1, -0.05) is 24.6 Å². The Hall–Kier alpha value is -3.16. The summed E-state index contributed by atoms with van der Waals surface area (Å²) in [4.78, 5) is 17.3. The number of ether oxygens (including phenoxy) is 2. The van der Waals surface area contributed by atoms with Gasteiger partial charge in [-0.3, -0.25) is 0 Å². The van der Waals surface area contributed by atoms with Crippen LogP contribution in [0, 0.1) is 11.3 Å². The largest absolute Gasteiger partial charge is 0.493 e. The van der Waals surface area contributed by atoms with Crippen LogP contribution in [0.5, 0.6) is 11.5 Å². The first-order chi connectivity index (χ1) is 18.9. The van der Waals surface area contributed by atoms with Crippen molar-refractivity contribution in [3.63, 3.8) is 0 Å². The third-order valence-electron chi connectivity index (χ3n) is 8.49. The number of nitriles is 1. The molecule has 1 heterocycles. The third-order valence-corrected chi connectivity index (χ3v) is 8.82. The number of hydrogen-bond acceptors (Lipinski definition) is 5. The van der Waals surface area contributed by atoms with E-state index in [9.17, 15) is 23.2 Å². The number of carbonyl (C=O) groups is 1. The molecule has 0 radical (unpaired) electrons. The van der Waals surface area contributed by atoms with E-state index >= 15 is 0 Å². The van der Waals surface area contributed by atoms with E-state index in [0.29, 0.717) is 37.2 Å². The molecule has 3 atom stereocenters. The lowest BCUT2D eigenvalue weighted by Gasteiger charge is -2.51. The summed E-state index contributed by atoms with van der Waals surface area (Å²) in [6, 6.07) is 11.0. The van der Waals surface area contributed by atoms with Gasteiger partial charge in [0.1, 0.15) is 5.54 Å². The molecular formula is C29H34ClF3N4O3. The average molecular weight is 579 g/mol. The molecule has 1 saturated carbocycles. The van der Waals surface area contributed by atoms with Gasteiger partial charge in [0.05, 0.1) is 30.9 Å². The van der Waals surface area contributed by atoms with Gasteiger partial charge in [0.15, 0.2) is 11.5 Å². The van der Waals surface area contributed by atoms with E-state index in [0.717, 1.165) is 30.7 Å². The maximum absolute atomic E-state index is 13.6. The van der Waals surface area contributed by atoms with Gasteiger partial charge < -0.3 is 24.6 Å². The molecule has 216 valence electrons. The Labute approximate surface area is 237 Å². The molecule has 1 saturated heterocycles. The van der Waals surface area contributed by atoms with E-state index in [1.54, 1.807) is 14.2 Å². The van der Waals surface area contributed by atoms with Crippen LogP contribution in [-0.2, 0) is 11.6 Å². The van der Waals surface area contributed by atoms with Crippen molar-refractivity contribution in [3.8, 4) is 17.6 Å². The van der Waals surface area contributed by atoms with Crippen molar-refractivity contribution in [1.29, 1.82) is 5.26 Å². The normalized spacial score (nSPS) is 24.6. The van der Waals surface area contributed by atoms with Crippen LogP contribution in [0.15, 0.2) is 36.4 Å². The standard InChI is InChI=1S/C29H34ClF3N4O3/c1-5-13-37(26(38)35-20-7-8-22(30)21(16-20)29(31,32)33)27(18-34)10-11-28(12-14-36(2)25(28)17-27)19-6-9-23(39-3)24(15-19)40-4/h6-9,15-16,25H,5,10-14,17H2,1-4H3,(H,35,38)/t25-,27-,28+/m1/s1. The van der Waals surface area contributed by atoms with Crippen LogP contribution in [0.3, 0.4) is 0 Å². The predicted octanol–water partition coefficient (Wildman–Crippen LogP) is 6.71. The lowest BCUT2D eigenvalue weighted by molar-refractivity contribution is -0.137. The van der Waals surface area contributed by atoms with Gasteiger partial charge in [-0.15, -0.1) is 0 Å². The van der Waals surface area contributed by atoms with Gasteiger partial charge in [-0.2, -0.15) is 18.4 Å². The summed E-state index contributed by atoms with van der Waals surface area (Å²) in [6.45, 7) is 3.00. The molecule has 0 aromatic heterocycles. The van der Waals surface area contributed by atoms with Crippen molar-refractivity contribution in [2.45, 2.75) is 62.2 Å². The number of likely N-dealkylation sites (N-methyl/N-ethyl adjacent to an activating group) is 1. The Kier molecular flexibility index (Phi) is 8.48. The topological polar surface area (TPSA) is 77.8 Å². The summed E-state index contributed by atoms with van der Waals surface area (Å²) in [5.74, 6) is 1.27. The Bertz CT molecular complexity index is 1300. The summed E-state index contributed by atoms with van der Waals surface area (Å²) < 4.78 is 51.2. The third kappa shape index (κ3) is 5.29. The first-order valence-corrected chi connectivity index (χ1v) is 13.6. The molecule has 2 aliphatic rings. The fraction of sp³-hybridized carbons (Fsp3) is 0.517. The first kappa shape index (κ1) is 29.8. The molecule has 1 aliphatic heterocycles. The first-order valence-electron chi connectivity index (χ1n) is 13.2. The Morgan fingerprint density at radius 2 is 1.90 bits per heavy atom. The van der Waals surface area contributed by atoms with E-state index < -0.39 is 28.3 Å². The van der Waals surface area contributed by atoms with Crippen LogP contribution >= 0.6 is 11.6 Å². The minimum atomic E-state index is -4.67. The quantitative estimate of drug-likeness (QED) is 0.395. The fourth-order valence-corrected chi connectivity index (χ4v) is 6.62. The minimum absolute atomic E-state index is 0.0376. The number of methoxy groups -OCH3 is 2. The predicted molar refractivity (Wildman–Crippen MR) is 147 cm³/mol. The van der Waals surface area contributed by atoms with E-state index in [2.05, 4.69) is 16.3 Å². The van der Waals surface area contributed by atoms with Crippen molar-refractivity contribution in [2.75, 3.05) is 39.7 Å². The molecule has 2 fully saturated rings. The molecule has 11 heteroatoms. The van der Waals surface area contributed by atoms with Crippen molar-refractivity contribution >= 4 is 23.3 Å². The summed E-state index contributed by atoms with van der Waals surface area (Å²) in [5, 5.41) is 12.7. The number of alkyl halides is 3. The fourth-order valence-electron chi connectivity index (χ4n) is 6.39. The zero-order valence-electron chi connectivity index (χ0n) is 23.1. The number of likely N-dealkylation sites (tertiary alicyclic amines) is 1. The van der Waals surface area contributed by atoms with E-state index in [-0.39, 0.29) is 23.7 Å². The highest BCUT2D eigenvalue weighted by molar-refractivity contribution is 6.31. The number of fused-ring (bicyclic) bond motifs is 1. The molecule has 40 heavy (non-hydrogen) atoms. The summed E-state index contributed by atoms with van der Waals surface area (Å²) in [6.07, 6.45) is -1.74. The van der Waals surface area contributed by atoms with Gasteiger partial charge in [-0.25, -0.2) is 4.79 Å². The minimum Gasteiger partial charge on any atom is -0.493 e. The van der Waals surface area contributed by atoms with Crippen molar-refractivity contribution < 1.29 is 27.4 Å². The molecule has 1 N–H and O–H groups in total. The molecule has 4 rings (SSSR count). The van der Waals surface area contributed by atoms with Gasteiger partial charge in [0, 0.05) is 30.1 Å². The lowest BCUT2D eigenvalue weighted by atomic mass is 9.61. The number of amides is 2. The molecular weight excluding hydrogens is 545 g/mol. The highest BCUT2D eigenvalue weighted by Crippen LogP contribution is 2.53. The van der Waals surface area contributed by atoms with E-state index in [4.69, 9.17) is 21.1 Å². The maximum atomic E-state index is 13.6. The molecule has 7 nitrogen and oxygen atoms in total. The molecule has 0 spiro atoms. The number of nitrogens with zero attached hydrogens (tertiary/aromatic N) is 3. The van der Waals surface area contributed by atoms with Gasteiger partial charge in [0.2, 0.25) is 0 Å². The Morgan fingerprint density at radius 3 is 2.52 bits per heavy atom. The number of halogens is 4. The lowest BCUT2D eigenvalue weighted by Crippen LogP contribution is -2.61. The van der Waals surface area contributed by atoms with Crippen LogP contribution in [0.2, 0.25) is 5.02 Å². The molecule has 0 unspecified atom stereocenters. The van der Waals surface area contributed by atoms with Gasteiger partial charge in [-0.05, 0) is 75.2 Å². The van der Waals surface area contributed by atoms with Crippen LogP contribution in [-0.4, -0.2) is 61.8 Å². The molecule has 2 amide bonds. The number of benzene rings is 2. The molecule has 1 aliphatic carbocycles. The summed E-state index contributed by atoms with van der Waals surface area (Å²) in [7, 11) is 5.21. The second-order valence-corrected chi connectivity index (χ2v) is 11.0. The monoisotopic (exact) mass is 578 g/mol. The van der Waals surface area contributed by atoms with Crippen molar-refractivity contribution in [1.82, 2.24) is 9.80 Å². The number of nitrogens with one attached hydrogen (secondary N) is 1. The molecule has 2 aromatic carbocycles. The van der Waals surface area contributed by atoms with Crippen molar-refractivity contribution in [2.24, 2.45) is 0 Å². The molecule has 2 aromatic rings. The Balaban J connectivity index is 1.66. The van der Waals surface area contributed by atoms with Crippen molar-refractivity contribution in [3.05, 3.63) is 52.5 Å². The zero-order valence-corrected chi connectivity index (χ0v) is 23.8. The van der Waals surface area contributed by atoms with E-state index in [1.165, 1.54) is 11.0 Å². The molecule has 0 bridgehead atoms. The highest BCUT2D eigenvalue weighted by atomic mass is 35.5. The van der Waals surface area contributed by atoms with Crippen LogP contribution in [0.1, 0.15) is 50.2 Å². The SMILES string of the molecule is CCCN(C(=O)Nc1ccc(Cl)c(C(F)(F)F)c1)[C@]1(C#N)CC[C@@]2(c3ccc(OC)c(OC)c3)CCN(C)[C@@H]2C1. The number of carbonyl (C=O) groups excluding carboxylic acids is 1. The second-order valence-electron chi connectivity index (χ2n) is 10.6. The van der Waals surface area contributed by atoms with Crippen LogP contribution < -0.4 is 14.8 Å². The van der Waals surface area contributed by atoms with Crippen LogP contribution in [0.25, 0.3) is 0 Å². The summed E-state index contributed by atoms with van der Waals surface area (Å²) in [5.41, 5.74) is -1.36. The highest BCUT2D eigenvalue weighted by Gasteiger charge is 2.57. The average Bonchev–Trinajstić information content (AvgIpc) is 3.27. The Morgan fingerprint density at radius 1 is 1.18 bits per heavy atom. The number of anilines is 1. The summed E-state index contributed by atoms with van der Waals surface area (Å²) >= 11 is 5.76. The van der Waals surface area contributed by atoms with E-state index in [1.807, 2.05) is 32.2 Å². The van der Waals surface area contributed by atoms with Gasteiger partial charge >= 0.3 is 12.2 Å². The second kappa shape index (κ2) is 11.4. The smallest absolute Gasteiger partial charge is 0.417 e. The zero-order chi connectivity index (χ0) is 29.3. The number of urea groups is 1.